The number of amides is 1. The van der Waals surface area contributed by atoms with Crippen LogP contribution in [0.25, 0.3) is 11.0 Å². The van der Waals surface area contributed by atoms with Crippen molar-refractivity contribution in [3.05, 3.63) is 36.3 Å². The Morgan fingerprint density at radius 3 is 2.65 bits per heavy atom. The van der Waals surface area contributed by atoms with Gasteiger partial charge in [0, 0.05) is 50.9 Å². The Labute approximate surface area is 181 Å². The fraction of sp³-hybridized carbons (Fsp3) is 0.455. The van der Waals surface area contributed by atoms with Crippen LogP contribution in [0.15, 0.2) is 30.6 Å². The van der Waals surface area contributed by atoms with Crippen LogP contribution in [0.1, 0.15) is 36.2 Å². The first-order valence-electron chi connectivity index (χ1n) is 11.1. The molecule has 0 radical (unpaired) electrons. The molecule has 0 aliphatic carbocycles. The molecule has 3 aromatic heterocycles. The highest BCUT2D eigenvalue weighted by Crippen LogP contribution is 2.23. The summed E-state index contributed by atoms with van der Waals surface area (Å²) in [6, 6.07) is 5.91. The van der Waals surface area contributed by atoms with Gasteiger partial charge in [-0.25, -0.2) is 9.97 Å². The molecule has 1 saturated heterocycles. The van der Waals surface area contributed by atoms with Crippen LogP contribution in [0.2, 0.25) is 0 Å². The predicted octanol–water partition coefficient (Wildman–Crippen LogP) is 2.28. The molecule has 162 valence electrons. The molecular formula is C22H28N8O. The minimum Gasteiger partial charge on any atom is -0.368 e. The monoisotopic (exact) mass is 420 g/mol. The fourth-order valence-corrected chi connectivity index (χ4v) is 4.24. The van der Waals surface area contributed by atoms with E-state index >= 15 is 0 Å². The summed E-state index contributed by atoms with van der Waals surface area (Å²) in [7, 11) is 0. The van der Waals surface area contributed by atoms with Crippen LogP contribution in [-0.2, 0) is 6.54 Å². The second kappa shape index (κ2) is 8.89. The molecule has 0 aromatic carbocycles. The van der Waals surface area contributed by atoms with Crippen molar-refractivity contribution >= 4 is 34.4 Å². The summed E-state index contributed by atoms with van der Waals surface area (Å²) < 4.78 is 2.02. The van der Waals surface area contributed by atoms with Crippen molar-refractivity contribution in [2.45, 2.75) is 32.2 Å². The molecular weight excluding hydrogens is 392 g/mol. The lowest BCUT2D eigenvalue weighted by Crippen LogP contribution is -2.43. The number of nitrogens with zero attached hydrogens (tertiary/aromatic N) is 5. The molecule has 3 aromatic rings. The summed E-state index contributed by atoms with van der Waals surface area (Å²) in [6.45, 7) is 5.46. The zero-order valence-corrected chi connectivity index (χ0v) is 17.6. The summed E-state index contributed by atoms with van der Waals surface area (Å²) in [6.07, 6.45) is 8.00. The van der Waals surface area contributed by atoms with Crippen LogP contribution in [0.5, 0.6) is 0 Å². The van der Waals surface area contributed by atoms with Crippen LogP contribution >= 0.6 is 0 Å². The summed E-state index contributed by atoms with van der Waals surface area (Å²) >= 11 is 0. The number of carbonyl (C=O) groups is 1. The third-order valence-corrected chi connectivity index (χ3v) is 5.93. The Bertz CT molecular complexity index is 1060. The highest BCUT2D eigenvalue weighted by atomic mass is 16.1. The lowest BCUT2D eigenvalue weighted by Gasteiger charge is -2.29. The fourth-order valence-electron chi connectivity index (χ4n) is 4.24. The molecule has 9 nitrogen and oxygen atoms in total. The van der Waals surface area contributed by atoms with Crippen molar-refractivity contribution in [3.8, 4) is 0 Å². The molecule has 5 heterocycles. The Kier molecular flexibility index (Phi) is 5.66. The standard InChI is InChI=1S/C22H28N8O/c31-21-18-13-16-14-26-22(28-20(16)30(18)10-4-2-1-3-7-24-21)27-19-6-5-17(15-25-19)29-11-8-23-9-12-29/h5-6,13-15,23H,1-4,7-12H2,(H,24,31)(H,25,26,27,28). The third kappa shape index (κ3) is 4.32. The quantitative estimate of drug-likeness (QED) is 0.598. The molecule has 2 aliphatic rings. The number of pyridine rings is 1. The molecule has 5 rings (SSSR count). The number of piperazine rings is 1. The summed E-state index contributed by atoms with van der Waals surface area (Å²) in [5.74, 6) is 1.14. The Balaban J connectivity index is 1.38. The van der Waals surface area contributed by atoms with Crippen molar-refractivity contribution in [3.63, 3.8) is 0 Å². The maximum atomic E-state index is 12.6. The molecule has 9 heteroatoms. The van der Waals surface area contributed by atoms with Crippen molar-refractivity contribution in [1.29, 1.82) is 0 Å². The van der Waals surface area contributed by atoms with E-state index in [2.05, 4.69) is 36.9 Å². The summed E-state index contributed by atoms with van der Waals surface area (Å²) in [4.78, 5) is 28.6. The zero-order valence-electron chi connectivity index (χ0n) is 17.6. The Hall–Kier alpha value is -3.20. The van der Waals surface area contributed by atoms with E-state index in [1.165, 1.54) is 0 Å². The van der Waals surface area contributed by atoms with E-state index < -0.39 is 0 Å². The van der Waals surface area contributed by atoms with Gasteiger partial charge in [-0.1, -0.05) is 12.8 Å². The number of carbonyl (C=O) groups excluding carboxylic acids is 1. The van der Waals surface area contributed by atoms with Gasteiger partial charge in [0.25, 0.3) is 5.91 Å². The Morgan fingerprint density at radius 1 is 0.935 bits per heavy atom. The minimum atomic E-state index is -0.0421. The molecule has 2 aliphatic heterocycles. The van der Waals surface area contributed by atoms with Gasteiger partial charge in [0.05, 0.1) is 11.9 Å². The summed E-state index contributed by atoms with van der Waals surface area (Å²) in [5.41, 5.74) is 2.55. The van der Waals surface area contributed by atoms with Gasteiger partial charge in [-0.2, -0.15) is 4.98 Å². The SMILES string of the molecule is O=C1NCCCCCCn2c1cc1cnc(Nc3ccc(N4CCNCC4)cn3)nc12. The lowest BCUT2D eigenvalue weighted by atomic mass is 10.2. The van der Waals surface area contributed by atoms with E-state index in [0.717, 1.165) is 75.1 Å². The maximum absolute atomic E-state index is 12.6. The molecule has 3 N–H and O–H groups in total. The highest BCUT2D eigenvalue weighted by molar-refractivity contribution is 5.98. The third-order valence-electron chi connectivity index (χ3n) is 5.93. The Morgan fingerprint density at radius 2 is 1.81 bits per heavy atom. The smallest absolute Gasteiger partial charge is 0.267 e. The van der Waals surface area contributed by atoms with E-state index in [-0.39, 0.29) is 5.91 Å². The molecule has 0 unspecified atom stereocenters. The topological polar surface area (TPSA) is 100 Å². The van der Waals surface area contributed by atoms with Crippen molar-refractivity contribution in [2.75, 3.05) is 42.9 Å². The number of rotatable bonds is 3. The van der Waals surface area contributed by atoms with E-state index in [9.17, 15) is 4.79 Å². The highest BCUT2D eigenvalue weighted by Gasteiger charge is 2.18. The number of fused-ring (bicyclic) bond motifs is 3. The predicted molar refractivity (Wildman–Crippen MR) is 121 cm³/mol. The zero-order chi connectivity index (χ0) is 21.0. The largest absolute Gasteiger partial charge is 0.368 e. The molecule has 1 fully saturated rings. The van der Waals surface area contributed by atoms with Gasteiger partial charge in [-0.05, 0) is 31.0 Å². The molecule has 31 heavy (non-hydrogen) atoms. The van der Waals surface area contributed by atoms with Crippen LogP contribution in [0.3, 0.4) is 0 Å². The summed E-state index contributed by atoms with van der Waals surface area (Å²) in [5, 5.41) is 10.5. The molecule has 1 amide bonds. The van der Waals surface area contributed by atoms with Gasteiger partial charge in [0.15, 0.2) is 0 Å². The van der Waals surface area contributed by atoms with Crippen LogP contribution in [-0.4, -0.2) is 58.1 Å². The van der Waals surface area contributed by atoms with Crippen molar-refractivity contribution in [2.24, 2.45) is 0 Å². The molecule has 0 bridgehead atoms. The van der Waals surface area contributed by atoms with Crippen LogP contribution in [0.4, 0.5) is 17.5 Å². The van der Waals surface area contributed by atoms with Crippen LogP contribution < -0.4 is 20.9 Å². The molecule has 0 saturated carbocycles. The van der Waals surface area contributed by atoms with Gasteiger partial charge >= 0.3 is 0 Å². The van der Waals surface area contributed by atoms with E-state index in [4.69, 9.17) is 4.98 Å². The van der Waals surface area contributed by atoms with Crippen molar-refractivity contribution in [1.82, 2.24) is 30.2 Å². The second-order valence-corrected chi connectivity index (χ2v) is 8.09. The molecule has 0 spiro atoms. The number of nitrogens with one attached hydrogen (secondary N) is 3. The number of hydrogen-bond acceptors (Lipinski definition) is 7. The number of hydrogen-bond donors (Lipinski definition) is 3. The normalized spacial score (nSPS) is 17.8. The maximum Gasteiger partial charge on any atom is 0.267 e. The van der Waals surface area contributed by atoms with Gasteiger partial charge in [-0.15, -0.1) is 0 Å². The first-order chi connectivity index (χ1) is 15.3. The number of aromatic nitrogens is 4. The second-order valence-electron chi connectivity index (χ2n) is 8.09. The molecule has 0 atom stereocenters. The van der Waals surface area contributed by atoms with E-state index in [1.807, 2.05) is 22.9 Å². The first kappa shape index (κ1) is 19.7. The van der Waals surface area contributed by atoms with Gasteiger partial charge < -0.3 is 25.4 Å². The average molecular weight is 421 g/mol. The van der Waals surface area contributed by atoms with E-state index in [0.29, 0.717) is 24.0 Å². The van der Waals surface area contributed by atoms with Gasteiger partial charge in [0.1, 0.15) is 17.2 Å². The first-order valence-corrected chi connectivity index (χ1v) is 11.1. The number of aryl methyl sites for hydroxylation is 1. The van der Waals surface area contributed by atoms with Crippen LogP contribution in [0, 0.1) is 0 Å². The minimum absolute atomic E-state index is 0.0421. The van der Waals surface area contributed by atoms with Gasteiger partial charge in [-0.3, -0.25) is 4.79 Å². The van der Waals surface area contributed by atoms with Crippen molar-refractivity contribution < 1.29 is 4.79 Å². The lowest BCUT2D eigenvalue weighted by molar-refractivity contribution is 0.0942. The number of anilines is 3. The van der Waals surface area contributed by atoms with Gasteiger partial charge in [0.2, 0.25) is 5.95 Å². The van der Waals surface area contributed by atoms with E-state index in [1.54, 1.807) is 6.20 Å². The average Bonchev–Trinajstić information content (AvgIpc) is 3.17.